The molecule has 69 heavy (non-hydrogen) atoms. The maximum absolute atomic E-state index is 14.7. The zero-order chi connectivity index (χ0) is 50.4. The third-order valence-corrected chi connectivity index (χ3v) is 11.2. The van der Waals surface area contributed by atoms with Crippen LogP contribution >= 0.6 is 0 Å². The number of anilines is 1. The van der Waals surface area contributed by atoms with Gasteiger partial charge >= 0.3 is 0 Å². The van der Waals surface area contributed by atoms with Gasteiger partial charge in [0.15, 0.2) is 5.82 Å². The Hall–Kier alpha value is -7.34. The highest BCUT2D eigenvalue weighted by atomic mass is 16.5. The quantitative estimate of drug-likeness (QED) is 0.0662. The Labute approximate surface area is 402 Å². The highest BCUT2D eigenvalue weighted by molar-refractivity contribution is 6.02. The van der Waals surface area contributed by atoms with E-state index in [0.29, 0.717) is 51.7 Å². The fourth-order valence-electron chi connectivity index (χ4n) is 7.54. The number of ether oxygens (including phenoxy) is 3. The summed E-state index contributed by atoms with van der Waals surface area (Å²) in [5, 5.41) is 19.8. The van der Waals surface area contributed by atoms with E-state index in [0.717, 1.165) is 11.3 Å². The molecule has 12 N–H and O–H groups in total. The summed E-state index contributed by atoms with van der Waals surface area (Å²) >= 11 is 0. The number of rotatable bonds is 18. The molecule has 20 heteroatoms. The molecule has 368 valence electrons. The van der Waals surface area contributed by atoms with Gasteiger partial charge in [-0.15, -0.1) is 0 Å². The topological polar surface area (TPSA) is 318 Å². The molecule has 4 bridgehead atoms. The van der Waals surface area contributed by atoms with Gasteiger partial charge in [-0.25, -0.2) is 9.97 Å². The van der Waals surface area contributed by atoms with Gasteiger partial charge in [-0.05, 0) is 98.3 Å². The van der Waals surface area contributed by atoms with Crippen LogP contribution in [0.3, 0.4) is 0 Å². The first-order valence-electron chi connectivity index (χ1n) is 22.7. The summed E-state index contributed by atoms with van der Waals surface area (Å²) in [7, 11) is 1.39. The molecule has 1 aliphatic rings. The van der Waals surface area contributed by atoms with Crippen molar-refractivity contribution >= 4 is 35.4 Å². The third kappa shape index (κ3) is 13.9. The Kier molecular flexibility index (Phi) is 18.4. The fourth-order valence-corrected chi connectivity index (χ4v) is 7.54. The molecule has 1 aliphatic heterocycles. The van der Waals surface area contributed by atoms with E-state index in [1.807, 2.05) is 6.07 Å². The summed E-state index contributed by atoms with van der Waals surface area (Å²) in [6, 6.07) is 14.0. The average Bonchev–Trinajstić information content (AvgIpc) is 3.30. The van der Waals surface area contributed by atoms with Crippen LogP contribution in [0.2, 0.25) is 0 Å². The summed E-state index contributed by atoms with van der Waals surface area (Å²) in [6.07, 6.45) is 0.814. The van der Waals surface area contributed by atoms with E-state index < -0.39 is 53.7 Å². The van der Waals surface area contributed by atoms with E-state index in [1.54, 1.807) is 67.6 Å². The smallest absolute Gasteiger partial charge is 0.257 e. The molecule has 2 heterocycles. The molecule has 4 atom stereocenters. The fraction of sp³-hybridized carbons (Fsp3) is 0.429. The number of benzene rings is 3. The SMILES string of the molecule is Cc1nc(-c2ccc(OCCC(C)(C)C)cc2)nc(N)c1C(=O)N[C@@H](CCN)C(=O)N(C)[C@@H]1C(=O)N[C@@H](C)C(=O)N[C@H](C(=O)NCC#N)Cc2ccc(OCCN)c(c2)-c2cc1ccc2OCCN. The largest absolute Gasteiger partial charge is 0.494 e. The van der Waals surface area contributed by atoms with Crippen LogP contribution in [0.15, 0.2) is 60.7 Å². The summed E-state index contributed by atoms with van der Waals surface area (Å²) in [6.45, 7) is 10.3. The number of carbonyl (C=O) groups is 5. The Bertz CT molecular complexity index is 2500. The van der Waals surface area contributed by atoms with Gasteiger partial charge in [0, 0.05) is 43.2 Å². The summed E-state index contributed by atoms with van der Waals surface area (Å²) in [5.41, 5.74) is 26.9. The Morgan fingerprint density at radius 2 is 1.54 bits per heavy atom. The third-order valence-electron chi connectivity index (χ3n) is 11.2. The summed E-state index contributed by atoms with van der Waals surface area (Å²) < 4.78 is 18.1. The molecule has 0 saturated heterocycles. The highest BCUT2D eigenvalue weighted by Gasteiger charge is 2.36. The van der Waals surface area contributed by atoms with E-state index in [2.05, 4.69) is 52.0 Å². The van der Waals surface area contributed by atoms with Crippen LogP contribution in [-0.4, -0.2) is 116 Å². The van der Waals surface area contributed by atoms with E-state index in [1.165, 1.54) is 14.0 Å². The minimum absolute atomic E-state index is 0.0101. The minimum atomic E-state index is -1.44. The molecular formula is C49H64N12O8. The van der Waals surface area contributed by atoms with Gasteiger partial charge in [0.2, 0.25) is 23.6 Å². The second kappa shape index (κ2) is 24.1. The molecule has 5 amide bonds. The number of nitriles is 1. The number of hydrogen-bond donors (Lipinski definition) is 8. The van der Waals surface area contributed by atoms with Crippen LogP contribution in [-0.2, 0) is 25.6 Å². The normalized spacial score (nSPS) is 16.4. The van der Waals surface area contributed by atoms with Crippen molar-refractivity contribution in [2.75, 3.05) is 58.8 Å². The average molecular weight is 949 g/mol. The maximum Gasteiger partial charge on any atom is 0.257 e. The van der Waals surface area contributed by atoms with Crippen LogP contribution < -0.4 is 58.4 Å². The molecule has 0 aliphatic carbocycles. The number of fused-ring (bicyclic) bond motifs is 5. The van der Waals surface area contributed by atoms with Gasteiger partial charge < -0.3 is 63.3 Å². The Morgan fingerprint density at radius 1 is 0.884 bits per heavy atom. The molecular weight excluding hydrogens is 885 g/mol. The second-order valence-corrected chi connectivity index (χ2v) is 17.8. The van der Waals surface area contributed by atoms with E-state index >= 15 is 0 Å². The predicted molar refractivity (Wildman–Crippen MR) is 259 cm³/mol. The van der Waals surface area contributed by atoms with Crippen molar-refractivity contribution < 1.29 is 38.2 Å². The second-order valence-electron chi connectivity index (χ2n) is 17.8. The molecule has 0 unspecified atom stereocenters. The van der Waals surface area contributed by atoms with Gasteiger partial charge in [0.25, 0.3) is 5.91 Å². The molecule has 20 nitrogen and oxygen atoms in total. The minimum Gasteiger partial charge on any atom is -0.494 e. The standard InChI is InChI=1S/C49H64N12O8/c1-28-40(42(54)60-43(56-28)31-8-11-33(12-9-31)67-22-16-49(3,4)5)46(64)58-36(15-17-50)48(66)61(6)41-32-10-14-39(69-24-20-53)35(27-32)34-25-30(7-13-38(34)68-23-19-52)26-37(45(63)55-21-18-51)59-44(62)29(2)57-47(41)65/h7-14,25,27,29,36-37,41H,15-17,19-24,26,50,52-53H2,1-6H3,(H,55,63)(H,57,65)(H,58,64)(H,59,62)(H2,54,56,60)/t29-,36-,37-,41-/m0/s1. The number of hydrogen-bond acceptors (Lipinski definition) is 15. The lowest BCUT2D eigenvalue weighted by Gasteiger charge is -2.32. The lowest BCUT2D eigenvalue weighted by Crippen LogP contribution is -2.56. The van der Waals surface area contributed by atoms with Crippen LogP contribution in [0.4, 0.5) is 5.82 Å². The van der Waals surface area contributed by atoms with Crippen molar-refractivity contribution in [1.82, 2.24) is 36.1 Å². The van der Waals surface area contributed by atoms with Crippen LogP contribution in [0.1, 0.15) is 73.8 Å². The molecule has 0 fully saturated rings. The molecule has 3 aromatic carbocycles. The van der Waals surface area contributed by atoms with E-state index in [9.17, 15) is 29.2 Å². The van der Waals surface area contributed by atoms with Crippen molar-refractivity contribution in [3.63, 3.8) is 0 Å². The van der Waals surface area contributed by atoms with Crippen molar-refractivity contribution in [1.29, 1.82) is 5.26 Å². The number of carbonyl (C=O) groups excluding carboxylic acids is 5. The Morgan fingerprint density at radius 3 is 2.14 bits per heavy atom. The summed E-state index contributed by atoms with van der Waals surface area (Å²) in [5.74, 6) is -2.01. The lowest BCUT2D eigenvalue weighted by atomic mass is 9.93. The molecule has 0 saturated carbocycles. The van der Waals surface area contributed by atoms with E-state index in [4.69, 9.17) is 37.1 Å². The molecule has 5 rings (SSSR count). The highest BCUT2D eigenvalue weighted by Crippen LogP contribution is 2.40. The zero-order valence-electron chi connectivity index (χ0n) is 40.0. The number of nitrogens with two attached hydrogens (primary N) is 4. The number of aryl methyl sites for hydroxylation is 1. The number of nitrogens with zero attached hydrogens (tertiary/aromatic N) is 4. The number of aromatic nitrogens is 2. The van der Waals surface area contributed by atoms with Crippen molar-refractivity contribution in [2.24, 2.45) is 22.6 Å². The molecule has 0 spiro atoms. The monoisotopic (exact) mass is 948 g/mol. The Balaban J connectivity index is 1.52. The van der Waals surface area contributed by atoms with Crippen molar-refractivity contribution in [3.05, 3.63) is 83.0 Å². The van der Waals surface area contributed by atoms with Crippen molar-refractivity contribution in [2.45, 2.75) is 78.0 Å². The van der Waals surface area contributed by atoms with Crippen LogP contribution in [0, 0.1) is 23.7 Å². The number of nitrogen functional groups attached to an aromatic ring is 1. The van der Waals surface area contributed by atoms with Crippen LogP contribution in [0.5, 0.6) is 17.2 Å². The molecule has 1 aromatic heterocycles. The first-order valence-corrected chi connectivity index (χ1v) is 22.7. The van der Waals surface area contributed by atoms with Gasteiger partial charge in [-0.2, -0.15) is 5.26 Å². The first kappa shape index (κ1) is 52.6. The number of nitrogens with one attached hydrogen (secondary N) is 4. The van der Waals surface area contributed by atoms with Gasteiger partial charge in [0.1, 0.15) is 72.6 Å². The summed E-state index contributed by atoms with van der Waals surface area (Å²) in [4.78, 5) is 80.7. The lowest BCUT2D eigenvalue weighted by molar-refractivity contribution is -0.141. The van der Waals surface area contributed by atoms with E-state index in [-0.39, 0.29) is 80.5 Å². The molecule has 0 radical (unpaired) electrons. The number of likely N-dealkylation sites (N-methyl/N-ethyl adjacent to an activating group) is 1. The first-order chi connectivity index (χ1) is 32.9. The zero-order valence-corrected chi connectivity index (χ0v) is 40.0. The van der Waals surface area contributed by atoms with Crippen LogP contribution in [0.25, 0.3) is 22.5 Å². The van der Waals surface area contributed by atoms with Gasteiger partial charge in [-0.3, -0.25) is 24.0 Å². The van der Waals surface area contributed by atoms with Crippen molar-refractivity contribution in [3.8, 4) is 45.8 Å². The number of amides is 5. The van der Waals surface area contributed by atoms with Gasteiger partial charge in [0.05, 0.1) is 18.4 Å². The molecule has 4 aromatic rings. The predicted octanol–water partition coefficient (Wildman–Crippen LogP) is 2.02. The van der Waals surface area contributed by atoms with Gasteiger partial charge in [-0.1, -0.05) is 32.9 Å². The maximum atomic E-state index is 14.7.